The number of halogens is 2. The van der Waals surface area contributed by atoms with Crippen LogP contribution in [0.1, 0.15) is 30.0 Å². The number of hydrogen-bond donors (Lipinski definition) is 2. The van der Waals surface area contributed by atoms with E-state index in [4.69, 9.17) is 4.98 Å². The molecule has 9 nitrogen and oxygen atoms in total. The zero-order valence-electron chi connectivity index (χ0n) is 19.4. The molecule has 3 aromatic heterocycles. The van der Waals surface area contributed by atoms with Gasteiger partial charge in [0.25, 0.3) is 11.5 Å². The summed E-state index contributed by atoms with van der Waals surface area (Å²) >= 11 is 0. The quantitative estimate of drug-likeness (QED) is 0.444. The molecule has 5 heterocycles. The zero-order chi connectivity index (χ0) is 24.4. The molecule has 0 spiro atoms. The average molecular weight is 491 g/mol. The van der Waals surface area contributed by atoms with Crippen LogP contribution in [0.25, 0.3) is 16.7 Å². The van der Waals surface area contributed by atoms with Gasteiger partial charge in [-0.25, -0.2) is 28.1 Å². The molecule has 1 saturated carbocycles. The van der Waals surface area contributed by atoms with E-state index in [-0.39, 0.29) is 24.7 Å². The predicted octanol–water partition coefficient (Wildman–Crippen LogP) is 3.16. The fraction of sp³-hybridized carbons (Fsp3) is 0.360. The number of rotatable bonds is 5. The number of benzene rings is 1. The molecule has 2 fully saturated rings. The zero-order valence-corrected chi connectivity index (χ0v) is 19.4. The van der Waals surface area contributed by atoms with E-state index in [1.807, 2.05) is 6.07 Å². The van der Waals surface area contributed by atoms with E-state index < -0.39 is 5.92 Å². The lowest BCUT2D eigenvalue weighted by Crippen LogP contribution is -2.56. The minimum Gasteiger partial charge on any atom is -0.344 e. The van der Waals surface area contributed by atoms with E-state index in [2.05, 4.69) is 32.7 Å². The summed E-state index contributed by atoms with van der Waals surface area (Å²) in [6.45, 7) is 1.08. The number of nitrogens with one attached hydrogen (secondary N) is 2. The summed E-state index contributed by atoms with van der Waals surface area (Å²) in [5, 5.41) is 7.07. The molecular formula is C25H24F2N8O. The summed E-state index contributed by atoms with van der Waals surface area (Å²) in [7, 11) is 0. The minimum atomic E-state index is -2.70. The fourth-order valence-electron chi connectivity index (χ4n) is 5.03. The van der Waals surface area contributed by atoms with Gasteiger partial charge in [0, 0.05) is 30.7 Å². The summed E-state index contributed by atoms with van der Waals surface area (Å²) in [5.74, 6) is -1.87. The molecule has 1 saturated heterocycles. The predicted molar refractivity (Wildman–Crippen MR) is 131 cm³/mol. The summed E-state index contributed by atoms with van der Waals surface area (Å²) in [6.07, 6.45) is 5.89. The number of pyridine rings is 1. The van der Waals surface area contributed by atoms with Crippen molar-refractivity contribution < 1.29 is 8.78 Å². The van der Waals surface area contributed by atoms with Gasteiger partial charge in [0.2, 0.25) is 5.95 Å². The lowest BCUT2D eigenvalue weighted by Gasteiger charge is -2.39. The SMILES string of the molecule is O=c1c2cnc(Nc3ccc4c(c3)CCNC4)nc2n(-c2ccnc(N3CC(F)(F)C3)c2)n1C1CC1. The minimum absolute atomic E-state index is 0.0716. The second kappa shape index (κ2) is 7.82. The smallest absolute Gasteiger partial charge is 0.282 e. The fourth-order valence-corrected chi connectivity index (χ4v) is 5.03. The maximum Gasteiger partial charge on any atom is 0.282 e. The second-order valence-corrected chi connectivity index (χ2v) is 9.74. The Hall–Kier alpha value is -3.86. The number of anilines is 3. The van der Waals surface area contributed by atoms with Crippen LogP contribution in [0.15, 0.2) is 47.5 Å². The Morgan fingerprint density at radius 2 is 1.94 bits per heavy atom. The van der Waals surface area contributed by atoms with E-state index in [0.717, 1.165) is 38.0 Å². The van der Waals surface area contributed by atoms with Crippen LogP contribution in [-0.2, 0) is 13.0 Å². The molecule has 184 valence electrons. The maximum absolute atomic E-state index is 13.5. The van der Waals surface area contributed by atoms with Crippen LogP contribution in [0.4, 0.5) is 26.2 Å². The number of fused-ring (bicyclic) bond motifs is 2. The van der Waals surface area contributed by atoms with Gasteiger partial charge in [-0.15, -0.1) is 0 Å². The topological polar surface area (TPSA) is 92.9 Å². The van der Waals surface area contributed by atoms with Gasteiger partial charge in [-0.1, -0.05) is 6.07 Å². The van der Waals surface area contributed by atoms with E-state index >= 15 is 0 Å². The summed E-state index contributed by atoms with van der Waals surface area (Å²) in [6, 6.07) is 9.79. The normalized spacial score (nSPS) is 18.7. The van der Waals surface area contributed by atoms with Gasteiger partial charge >= 0.3 is 0 Å². The Morgan fingerprint density at radius 3 is 2.75 bits per heavy atom. The first-order valence-electron chi connectivity index (χ1n) is 12.1. The molecule has 0 radical (unpaired) electrons. The maximum atomic E-state index is 13.5. The molecule has 7 rings (SSSR count). The number of nitrogens with zero attached hydrogens (tertiary/aromatic N) is 6. The Morgan fingerprint density at radius 1 is 1.08 bits per heavy atom. The van der Waals surface area contributed by atoms with Crippen molar-refractivity contribution in [1.82, 2.24) is 29.6 Å². The van der Waals surface area contributed by atoms with Crippen LogP contribution < -0.4 is 21.1 Å². The van der Waals surface area contributed by atoms with Crippen molar-refractivity contribution in [3.05, 3.63) is 64.2 Å². The van der Waals surface area contributed by atoms with Crippen LogP contribution in [0.5, 0.6) is 0 Å². The molecular weight excluding hydrogens is 466 g/mol. The first-order chi connectivity index (χ1) is 17.4. The van der Waals surface area contributed by atoms with Crippen LogP contribution in [0.2, 0.25) is 0 Å². The Bertz CT molecular complexity index is 1550. The first-order valence-corrected chi connectivity index (χ1v) is 12.1. The lowest BCUT2D eigenvalue weighted by molar-refractivity contribution is -0.0267. The Labute approximate surface area is 204 Å². The average Bonchev–Trinajstić information content (AvgIpc) is 3.66. The van der Waals surface area contributed by atoms with Crippen LogP contribution in [0, 0.1) is 0 Å². The highest BCUT2D eigenvalue weighted by molar-refractivity contribution is 5.77. The van der Waals surface area contributed by atoms with Crippen LogP contribution in [-0.4, -0.2) is 49.9 Å². The molecule has 3 aliphatic rings. The van der Waals surface area contributed by atoms with Gasteiger partial charge in [0.05, 0.1) is 24.8 Å². The largest absolute Gasteiger partial charge is 0.344 e. The summed E-state index contributed by atoms with van der Waals surface area (Å²) in [5.41, 5.74) is 4.42. The van der Waals surface area contributed by atoms with Crippen molar-refractivity contribution in [2.24, 2.45) is 0 Å². The molecule has 2 aliphatic heterocycles. The van der Waals surface area contributed by atoms with Gasteiger partial charge in [0.1, 0.15) is 11.2 Å². The van der Waals surface area contributed by atoms with Crippen molar-refractivity contribution in [3.8, 4) is 5.69 Å². The standard InChI is InChI=1S/C25H24F2N8O/c26-25(27)13-33(14-25)21-10-19(6-8-29-21)34-22-20(23(36)35(34)18-3-4-18)12-30-24(32-22)31-17-2-1-16-11-28-7-5-15(16)9-17/h1-2,6,8-10,12,18,28H,3-5,7,11,13-14H2,(H,30,31,32). The highest BCUT2D eigenvalue weighted by Gasteiger charge is 2.44. The molecule has 2 N–H and O–H groups in total. The van der Waals surface area contributed by atoms with Crippen molar-refractivity contribution in [3.63, 3.8) is 0 Å². The highest BCUT2D eigenvalue weighted by atomic mass is 19.3. The molecule has 0 atom stereocenters. The van der Waals surface area contributed by atoms with Crippen molar-refractivity contribution in [2.75, 3.05) is 29.9 Å². The Kier molecular flexibility index (Phi) is 4.65. The van der Waals surface area contributed by atoms with Gasteiger partial charge in [-0.05, 0) is 55.1 Å². The third-order valence-electron chi connectivity index (χ3n) is 7.01. The molecule has 0 bridgehead atoms. The van der Waals surface area contributed by atoms with E-state index in [0.29, 0.717) is 28.5 Å². The van der Waals surface area contributed by atoms with Gasteiger partial charge in [-0.3, -0.25) is 4.79 Å². The van der Waals surface area contributed by atoms with Crippen molar-refractivity contribution in [1.29, 1.82) is 0 Å². The molecule has 36 heavy (non-hydrogen) atoms. The first kappa shape index (κ1) is 21.4. The Balaban J connectivity index is 1.30. The number of hydrogen-bond acceptors (Lipinski definition) is 7. The van der Waals surface area contributed by atoms with E-state index in [1.165, 1.54) is 16.0 Å². The van der Waals surface area contributed by atoms with Crippen LogP contribution >= 0.6 is 0 Å². The molecule has 0 unspecified atom stereocenters. The van der Waals surface area contributed by atoms with Crippen LogP contribution in [0.3, 0.4) is 0 Å². The summed E-state index contributed by atoms with van der Waals surface area (Å²) in [4.78, 5) is 28.3. The second-order valence-electron chi connectivity index (χ2n) is 9.74. The lowest BCUT2D eigenvalue weighted by atomic mass is 10.0. The molecule has 4 aromatic rings. The van der Waals surface area contributed by atoms with Gasteiger partial charge in [-0.2, -0.15) is 4.98 Å². The molecule has 1 aliphatic carbocycles. The number of alkyl halides is 2. The monoisotopic (exact) mass is 490 g/mol. The van der Waals surface area contributed by atoms with E-state index in [1.54, 1.807) is 33.9 Å². The van der Waals surface area contributed by atoms with Crippen molar-refractivity contribution in [2.45, 2.75) is 37.8 Å². The van der Waals surface area contributed by atoms with Gasteiger partial charge < -0.3 is 15.5 Å². The molecule has 1 aromatic carbocycles. The van der Waals surface area contributed by atoms with Gasteiger partial charge in [0.15, 0.2) is 5.65 Å². The molecule has 11 heteroatoms. The summed E-state index contributed by atoms with van der Waals surface area (Å²) < 4.78 is 30.4. The van der Waals surface area contributed by atoms with Crippen molar-refractivity contribution >= 4 is 28.5 Å². The number of aromatic nitrogens is 5. The molecule has 0 amide bonds. The third-order valence-corrected chi connectivity index (χ3v) is 7.01. The third kappa shape index (κ3) is 3.62. The van der Waals surface area contributed by atoms with E-state index in [9.17, 15) is 13.6 Å². The highest BCUT2D eigenvalue weighted by Crippen LogP contribution is 2.36.